The molecule has 1 fully saturated rings. The molecule has 8 nitrogen and oxygen atoms in total. The molecule has 230 valence electrons. The van der Waals surface area contributed by atoms with Crippen LogP contribution in [0.25, 0.3) is 5.69 Å². The minimum atomic E-state index is -1.13. The van der Waals surface area contributed by atoms with Crippen LogP contribution in [0.1, 0.15) is 68.3 Å². The van der Waals surface area contributed by atoms with Gasteiger partial charge in [0.2, 0.25) is 0 Å². The maximum absolute atomic E-state index is 15.2. The van der Waals surface area contributed by atoms with E-state index in [4.69, 9.17) is 15.2 Å². The number of hydrogen-bond donors (Lipinski definition) is 2. The van der Waals surface area contributed by atoms with E-state index >= 15 is 8.78 Å². The van der Waals surface area contributed by atoms with Gasteiger partial charge in [-0.2, -0.15) is 0 Å². The smallest absolute Gasteiger partial charge is 0.323 e. The van der Waals surface area contributed by atoms with Gasteiger partial charge in [0, 0.05) is 23.8 Å². The normalized spacial score (nSPS) is 14.2. The number of pyridine rings is 1. The molecule has 0 spiro atoms. The van der Waals surface area contributed by atoms with Crippen LogP contribution in [0.5, 0.6) is 5.75 Å². The second-order valence-electron chi connectivity index (χ2n) is 11.1. The first-order valence-electron chi connectivity index (χ1n) is 14.4. The molecule has 0 unspecified atom stereocenters. The van der Waals surface area contributed by atoms with E-state index in [1.54, 1.807) is 0 Å². The molecular weight excluding hydrogens is 563 g/mol. The molecule has 0 radical (unpaired) electrons. The molecule has 2 aromatic carbocycles. The van der Waals surface area contributed by atoms with E-state index in [2.05, 4.69) is 5.32 Å². The Morgan fingerprint density at radius 3 is 2.30 bits per heavy atom. The molecule has 1 aromatic heterocycles. The van der Waals surface area contributed by atoms with E-state index in [-0.39, 0.29) is 41.5 Å². The summed E-state index contributed by atoms with van der Waals surface area (Å²) in [4.78, 5) is 38.2. The number of esters is 1. The third-order valence-electron chi connectivity index (χ3n) is 7.25. The summed E-state index contributed by atoms with van der Waals surface area (Å²) in [5.74, 6) is -4.02. The number of ether oxygens (including phenoxy) is 2. The van der Waals surface area contributed by atoms with Crippen LogP contribution < -0.4 is 21.3 Å². The van der Waals surface area contributed by atoms with Gasteiger partial charge < -0.3 is 20.5 Å². The fourth-order valence-corrected chi connectivity index (χ4v) is 5.10. The lowest BCUT2D eigenvalue weighted by Gasteiger charge is -2.21. The Morgan fingerprint density at radius 1 is 1.02 bits per heavy atom. The first kappa shape index (κ1) is 31.8. The van der Waals surface area contributed by atoms with Crippen LogP contribution in [0.3, 0.4) is 0 Å². The topological polar surface area (TPSA) is 113 Å². The number of anilines is 1. The van der Waals surface area contributed by atoms with Gasteiger partial charge in [0.15, 0.2) is 17.4 Å². The van der Waals surface area contributed by atoms with Crippen LogP contribution in [0.4, 0.5) is 19.0 Å². The molecule has 1 aliphatic rings. The lowest BCUT2D eigenvalue weighted by atomic mass is 10.0. The molecule has 3 N–H and O–H groups in total. The van der Waals surface area contributed by atoms with Crippen LogP contribution in [0.15, 0.2) is 53.3 Å². The highest BCUT2D eigenvalue weighted by Gasteiger charge is 2.26. The van der Waals surface area contributed by atoms with Crippen molar-refractivity contribution in [2.75, 3.05) is 18.9 Å². The first-order valence-corrected chi connectivity index (χ1v) is 14.4. The number of nitrogens with two attached hydrogens (primary N) is 1. The Balaban J connectivity index is 1.41. The number of hydrogen-bond acceptors (Lipinski definition) is 7. The summed E-state index contributed by atoms with van der Waals surface area (Å²) >= 11 is 0. The van der Waals surface area contributed by atoms with E-state index in [0.29, 0.717) is 24.0 Å². The first-order chi connectivity index (χ1) is 20.5. The molecule has 0 saturated heterocycles. The highest BCUT2D eigenvalue weighted by molar-refractivity contribution is 6.11. The quantitative estimate of drug-likeness (QED) is 0.155. The molecule has 1 atom stereocenters. The van der Waals surface area contributed by atoms with Crippen LogP contribution in [-0.2, 0) is 9.53 Å². The molecule has 3 aromatic rings. The van der Waals surface area contributed by atoms with Gasteiger partial charge in [-0.25, -0.2) is 13.2 Å². The van der Waals surface area contributed by atoms with E-state index in [0.717, 1.165) is 62.1 Å². The number of nitrogens with zero attached hydrogens (tertiary/aromatic N) is 1. The monoisotopic (exact) mass is 599 g/mol. The summed E-state index contributed by atoms with van der Waals surface area (Å²) in [6, 6.07) is 8.17. The fraction of sp³-hybridized carbons (Fsp3) is 0.406. The third kappa shape index (κ3) is 8.04. The van der Waals surface area contributed by atoms with Gasteiger partial charge in [-0.1, -0.05) is 13.8 Å². The fourth-order valence-electron chi connectivity index (χ4n) is 5.10. The van der Waals surface area contributed by atoms with Crippen molar-refractivity contribution < 1.29 is 32.2 Å². The molecule has 1 aliphatic carbocycles. The SMILES string of the molecule is CC(C)C[C@H](NCCCOc1cc(F)c(-n2c(N)c(C(=O)c3ccc(F)cc3)ccc2=O)c(F)c1)C(=O)OC1CCCC1. The molecule has 1 heterocycles. The number of nitrogen functional groups attached to an aromatic ring is 1. The number of halogens is 3. The predicted molar refractivity (Wildman–Crippen MR) is 156 cm³/mol. The lowest BCUT2D eigenvalue weighted by Crippen LogP contribution is -2.41. The number of ketones is 1. The number of rotatable bonds is 13. The molecule has 0 amide bonds. The molecule has 0 bridgehead atoms. The van der Waals surface area contributed by atoms with Gasteiger partial charge in [0.05, 0.1) is 12.2 Å². The van der Waals surface area contributed by atoms with Gasteiger partial charge in [-0.3, -0.25) is 19.0 Å². The summed E-state index contributed by atoms with van der Waals surface area (Å²) < 4.78 is 55.4. The molecular formula is C32H36F3N3O5. The summed E-state index contributed by atoms with van der Waals surface area (Å²) in [7, 11) is 0. The average Bonchev–Trinajstić information content (AvgIpc) is 3.46. The predicted octanol–water partition coefficient (Wildman–Crippen LogP) is 5.33. The zero-order valence-corrected chi connectivity index (χ0v) is 24.2. The standard InChI is InChI=1S/C32H36F3N3O5/c1-19(2)16-27(32(41)43-22-6-3-4-7-22)37-14-5-15-42-23-17-25(34)29(26(35)18-23)38-28(39)13-12-24(31(38)36)30(40)20-8-10-21(33)11-9-20/h8-13,17-19,22,27,37H,3-7,14-16,36H2,1-2H3/t27-/m0/s1. The zero-order valence-electron chi connectivity index (χ0n) is 24.2. The van der Waals surface area contributed by atoms with E-state index < -0.39 is 46.3 Å². The van der Waals surface area contributed by atoms with Gasteiger partial charge in [-0.05, 0) is 81.3 Å². The van der Waals surface area contributed by atoms with Crippen LogP contribution in [0, 0.1) is 23.4 Å². The average molecular weight is 600 g/mol. The van der Waals surface area contributed by atoms with Crippen molar-refractivity contribution in [2.24, 2.45) is 5.92 Å². The van der Waals surface area contributed by atoms with Crippen LogP contribution in [-0.4, -0.2) is 41.6 Å². The zero-order chi connectivity index (χ0) is 31.1. The molecule has 0 aliphatic heterocycles. The van der Waals surface area contributed by atoms with Gasteiger partial charge in [-0.15, -0.1) is 0 Å². The summed E-state index contributed by atoms with van der Waals surface area (Å²) in [5, 5.41) is 3.21. The Hall–Kier alpha value is -4.12. The van der Waals surface area contributed by atoms with Crippen molar-refractivity contribution in [3.63, 3.8) is 0 Å². The van der Waals surface area contributed by atoms with Gasteiger partial charge >= 0.3 is 5.97 Å². The molecule has 43 heavy (non-hydrogen) atoms. The third-order valence-corrected chi connectivity index (χ3v) is 7.25. The minimum absolute atomic E-state index is 0.0240. The summed E-state index contributed by atoms with van der Waals surface area (Å²) in [5.41, 5.74) is 4.35. The number of carbonyl (C=O) groups is 2. The lowest BCUT2D eigenvalue weighted by molar-refractivity contribution is -0.151. The van der Waals surface area contributed by atoms with Crippen LogP contribution in [0.2, 0.25) is 0 Å². The molecule has 1 saturated carbocycles. The number of carbonyl (C=O) groups excluding carboxylic acids is 2. The van der Waals surface area contributed by atoms with Crippen molar-refractivity contribution >= 4 is 17.6 Å². The molecule has 4 rings (SSSR count). The van der Waals surface area contributed by atoms with E-state index in [1.165, 1.54) is 12.1 Å². The Morgan fingerprint density at radius 2 is 1.67 bits per heavy atom. The van der Waals surface area contributed by atoms with Crippen molar-refractivity contribution in [2.45, 2.75) is 64.5 Å². The van der Waals surface area contributed by atoms with Crippen molar-refractivity contribution in [1.29, 1.82) is 0 Å². The summed E-state index contributed by atoms with van der Waals surface area (Å²) in [6.45, 7) is 4.56. The maximum Gasteiger partial charge on any atom is 0.323 e. The summed E-state index contributed by atoms with van der Waals surface area (Å²) in [6.07, 6.45) is 4.94. The number of aromatic nitrogens is 1. The second-order valence-corrected chi connectivity index (χ2v) is 11.1. The van der Waals surface area contributed by atoms with Crippen molar-refractivity contribution in [3.05, 3.63) is 87.5 Å². The Bertz CT molecular complexity index is 1480. The number of benzene rings is 2. The van der Waals surface area contributed by atoms with E-state index in [9.17, 15) is 18.8 Å². The highest BCUT2D eigenvalue weighted by atomic mass is 19.1. The second kappa shape index (κ2) is 14.4. The van der Waals surface area contributed by atoms with Crippen molar-refractivity contribution in [1.82, 2.24) is 9.88 Å². The van der Waals surface area contributed by atoms with E-state index in [1.807, 2.05) is 13.8 Å². The largest absolute Gasteiger partial charge is 0.493 e. The molecule has 11 heteroatoms. The number of nitrogens with one attached hydrogen (secondary N) is 1. The Labute approximate surface area is 248 Å². The maximum atomic E-state index is 15.2. The van der Waals surface area contributed by atoms with Gasteiger partial charge in [0.1, 0.15) is 35.2 Å². The highest BCUT2D eigenvalue weighted by Crippen LogP contribution is 2.27. The van der Waals surface area contributed by atoms with Crippen molar-refractivity contribution in [3.8, 4) is 11.4 Å². The van der Waals surface area contributed by atoms with Gasteiger partial charge in [0.25, 0.3) is 5.56 Å². The Kier molecular flexibility index (Phi) is 10.6. The van der Waals surface area contributed by atoms with Crippen LogP contribution >= 0.6 is 0 Å². The minimum Gasteiger partial charge on any atom is -0.493 e.